The zero-order valence-electron chi connectivity index (χ0n) is 18.7. The van der Waals surface area contributed by atoms with Gasteiger partial charge >= 0.3 is 5.97 Å². The number of cyclic esters (lactones) is 1. The number of halogens is 1. The summed E-state index contributed by atoms with van der Waals surface area (Å²) in [4.78, 5) is 29.6. The van der Waals surface area contributed by atoms with Crippen molar-refractivity contribution in [1.82, 2.24) is 10.3 Å². The molecule has 0 spiro atoms. The first-order valence-corrected chi connectivity index (χ1v) is 12.1. The largest absolute Gasteiger partial charge is 0.503 e. The van der Waals surface area contributed by atoms with Gasteiger partial charge in [-0.05, 0) is 38.3 Å². The number of hydrogen-bond donors (Lipinski definition) is 2. The van der Waals surface area contributed by atoms with Crippen LogP contribution in [0.3, 0.4) is 0 Å². The van der Waals surface area contributed by atoms with Gasteiger partial charge < -0.3 is 24.6 Å². The Balaban J connectivity index is 1.76. The van der Waals surface area contributed by atoms with Crippen LogP contribution >= 0.6 is 15.9 Å². The molecule has 0 radical (unpaired) electrons. The molecule has 0 unspecified atom stereocenters. The van der Waals surface area contributed by atoms with Gasteiger partial charge in [0, 0.05) is 23.5 Å². The van der Waals surface area contributed by atoms with Gasteiger partial charge in [-0.25, -0.2) is 9.78 Å². The number of ether oxygens (including phenoxy) is 3. The maximum atomic E-state index is 13.0. The highest BCUT2D eigenvalue weighted by Gasteiger charge is 2.35. The zero-order valence-corrected chi connectivity index (χ0v) is 20.3. The highest BCUT2D eigenvalue weighted by Crippen LogP contribution is 2.30. The number of hydrogen-bond acceptors (Lipinski definition) is 7. The Morgan fingerprint density at radius 3 is 2.73 bits per heavy atom. The third kappa shape index (κ3) is 6.37. The van der Waals surface area contributed by atoms with Crippen molar-refractivity contribution in [3.63, 3.8) is 0 Å². The van der Waals surface area contributed by atoms with E-state index in [9.17, 15) is 14.7 Å². The minimum Gasteiger partial charge on any atom is -0.503 e. The molecule has 8 nitrogen and oxygen atoms in total. The highest BCUT2D eigenvalue weighted by atomic mass is 79.9. The lowest BCUT2D eigenvalue weighted by molar-refractivity contribution is -0.156. The summed E-state index contributed by atoms with van der Waals surface area (Å²) in [6.07, 6.45) is 3.26. The van der Waals surface area contributed by atoms with Gasteiger partial charge in [0.25, 0.3) is 5.91 Å². The second kappa shape index (κ2) is 11.9. The Bertz CT molecular complexity index is 942. The molecule has 1 aliphatic rings. The molecule has 1 aliphatic heterocycles. The lowest BCUT2D eigenvalue weighted by atomic mass is 9.90. The van der Waals surface area contributed by atoms with Crippen LogP contribution < -0.4 is 14.8 Å². The molecule has 9 heteroatoms. The van der Waals surface area contributed by atoms with Crippen LogP contribution in [0.2, 0.25) is 0 Å². The molecule has 2 aromatic rings. The average molecular weight is 521 g/mol. The molecule has 0 aliphatic carbocycles. The van der Waals surface area contributed by atoms with Crippen molar-refractivity contribution in [1.29, 1.82) is 0 Å². The van der Waals surface area contributed by atoms with Crippen LogP contribution in [0.25, 0.3) is 0 Å². The number of benzene rings is 1. The van der Waals surface area contributed by atoms with Crippen LogP contribution in [0.5, 0.6) is 17.2 Å². The first kappa shape index (κ1) is 24.8. The molecule has 1 aromatic heterocycles. The molecule has 1 fully saturated rings. The van der Waals surface area contributed by atoms with E-state index in [1.54, 1.807) is 0 Å². The number of aromatic nitrogens is 1. The average Bonchev–Trinajstić information content (AvgIpc) is 2.86. The smallest absolute Gasteiger partial charge is 0.329 e. The molecule has 1 aromatic carbocycles. The first-order valence-electron chi connectivity index (χ1n) is 11.0. The second-order valence-electron chi connectivity index (χ2n) is 7.94. The van der Waals surface area contributed by atoms with Gasteiger partial charge in [-0.15, -0.1) is 0 Å². The van der Waals surface area contributed by atoms with Gasteiger partial charge in [-0.3, -0.25) is 4.79 Å². The van der Waals surface area contributed by atoms with Crippen LogP contribution in [0.4, 0.5) is 0 Å². The van der Waals surface area contributed by atoms with Gasteiger partial charge in [0.05, 0.1) is 7.11 Å². The molecule has 2 heterocycles. The second-order valence-corrected chi connectivity index (χ2v) is 8.74. The van der Waals surface area contributed by atoms with E-state index in [-0.39, 0.29) is 29.2 Å². The summed E-state index contributed by atoms with van der Waals surface area (Å²) >= 11 is 3.52. The minimum absolute atomic E-state index is 0.124. The minimum atomic E-state index is -0.868. The van der Waals surface area contributed by atoms with E-state index >= 15 is 0 Å². The Labute approximate surface area is 201 Å². The van der Waals surface area contributed by atoms with Crippen molar-refractivity contribution in [3.05, 3.63) is 48.3 Å². The molecule has 3 rings (SSSR count). The molecule has 2 N–H and O–H groups in total. The predicted molar refractivity (Wildman–Crippen MR) is 126 cm³/mol. The van der Waals surface area contributed by atoms with Crippen LogP contribution in [0, 0.1) is 5.92 Å². The predicted octanol–water partition coefficient (Wildman–Crippen LogP) is 3.86. The van der Waals surface area contributed by atoms with Gasteiger partial charge in [-0.1, -0.05) is 40.5 Å². The number of alkyl halides is 1. The number of para-hydroxylation sites is 1. The summed E-state index contributed by atoms with van der Waals surface area (Å²) in [5, 5.41) is 13.7. The number of carbonyl (C=O) groups is 2. The van der Waals surface area contributed by atoms with E-state index < -0.39 is 24.0 Å². The maximum absolute atomic E-state index is 13.0. The summed E-state index contributed by atoms with van der Waals surface area (Å²) in [7, 11) is 1.38. The van der Waals surface area contributed by atoms with Crippen molar-refractivity contribution in [2.45, 2.75) is 50.9 Å². The van der Waals surface area contributed by atoms with Gasteiger partial charge in [0.2, 0.25) is 0 Å². The number of nitrogens with one attached hydrogen (secondary N) is 1. The number of pyridine rings is 1. The zero-order chi connectivity index (χ0) is 23.8. The molecule has 4 atom stereocenters. The normalized spacial score (nSPS) is 23.4. The van der Waals surface area contributed by atoms with E-state index in [4.69, 9.17) is 14.2 Å². The standard InChI is InChI=1S/C24H29BrN2O6/c1-15-22(33-17-8-4-3-5-9-17)16(11-13-25)7-6-10-18(24(30)32-15)27-23(29)20-21(28)19(31-2)12-14-26-20/h3-5,8-9,12,14-16,18,22,28H,6-7,10-11,13H2,1-2H3,(H,27,29)/t15-,16+,18-,22-/m0/s1. The maximum Gasteiger partial charge on any atom is 0.329 e. The van der Waals surface area contributed by atoms with Crippen molar-refractivity contribution in [2.75, 3.05) is 12.4 Å². The Morgan fingerprint density at radius 1 is 1.27 bits per heavy atom. The Hall–Kier alpha value is -2.81. The van der Waals surface area contributed by atoms with Crippen molar-refractivity contribution in [3.8, 4) is 17.2 Å². The van der Waals surface area contributed by atoms with E-state index in [0.29, 0.717) is 18.6 Å². The van der Waals surface area contributed by atoms with Gasteiger partial charge in [-0.2, -0.15) is 0 Å². The van der Waals surface area contributed by atoms with Crippen molar-refractivity contribution < 1.29 is 28.9 Å². The van der Waals surface area contributed by atoms with Crippen LogP contribution in [-0.4, -0.2) is 52.7 Å². The molecule has 0 saturated carbocycles. The van der Waals surface area contributed by atoms with Crippen LogP contribution in [0.15, 0.2) is 42.6 Å². The fourth-order valence-electron chi connectivity index (χ4n) is 4.00. The number of esters is 1. The fourth-order valence-corrected chi connectivity index (χ4v) is 4.59. The van der Waals surface area contributed by atoms with E-state index in [2.05, 4.69) is 26.2 Å². The number of carbonyl (C=O) groups excluding carboxylic acids is 2. The van der Waals surface area contributed by atoms with Crippen LogP contribution in [-0.2, 0) is 9.53 Å². The summed E-state index contributed by atoms with van der Waals surface area (Å²) in [5.41, 5.74) is -0.211. The quantitative estimate of drug-likeness (QED) is 0.421. The van der Waals surface area contributed by atoms with Gasteiger partial charge in [0.1, 0.15) is 24.0 Å². The molecular weight excluding hydrogens is 492 g/mol. The van der Waals surface area contributed by atoms with E-state index in [0.717, 1.165) is 18.2 Å². The topological polar surface area (TPSA) is 107 Å². The van der Waals surface area contributed by atoms with Crippen LogP contribution in [0.1, 0.15) is 43.1 Å². The summed E-state index contributed by atoms with van der Waals surface area (Å²) < 4.78 is 17.0. The van der Waals surface area contributed by atoms with E-state index in [1.807, 2.05) is 37.3 Å². The number of methoxy groups -OCH3 is 1. The van der Waals surface area contributed by atoms with Gasteiger partial charge in [0.15, 0.2) is 17.2 Å². The fraction of sp³-hybridized carbons (Fsp3) is 0.458. The Morgan fingerprint density at radius 2 is 2.03 bits per heavy atom. The third-order valence-electron chi connectivity index (χ3n) is 5.70. The van der Waals surface area contributed by atoms with Crippen molar-refractivity contribution >= 4 is 27.8 Å². The molecule has 0 bridgehead atoms. The van der Waals surface area contributed by atoms with E-state index in [1.165, 1.54) is 19.4 Å². The molecule has 178 valence electrons. The lowest BCUT2D eigenvalue weighted by Gasteiger charge is -2.31. The monoisotopic (exact) mass is 520 g/mol. The molecular formula is C24H29BrN2O6. The Kier molecular flexibility index (Phi) is 8.94. The molecule has 1 saturated heterocycles. The number of aromatic hydroxyl groups is 1. The first-order chi connectivity index (χ1) is 15.9. The molecule has 33 heavy (non-hydrogen) atoms. The summed E-state index contributed by atoms with van der Waals surface area (Å²) in [6, 6.07) is 10.0. The number of amides is 1. The highest BCUT2D eigenvalue weighted by molar-refractivity contribution is 9.09. The number of rotatable bonds is 7. The van der Waals surface area contributed by atoms with Crippen molar-refractivity contribution in [2.24, 2.45) is 5.92 Å². The summed E-state index contributed by atoms with van der Waals surface area (Å²) in [6.45, 7) is 1.81. The molecule has 1 amide bonds. The lowest BCUT2D eigenvalue weighted by Crippen LogP contribution is -2.45. The number of nitrogens with zero attached hydrogens (tertiary/aromatic N) is 1. The SMILES string of the molecule is COc1ccnc(C(=O)N[C@H]2CCC[C@H](CCBr)[C@@H](Oc3ccccc3)[C@H](C)OC2=O)c1O. The summed E-state index contributed by atoms with van der Waals surface area (Å²) in [5.74, 6) is -0.594. The third-order valence-corrected chi connectivity index (χ3v) is 6.16.